The summed E-state index contributed by atoms with van der Waals surface area (Å²) in [6.45, 7) is 18.2. The van der Waals surface area contributed by atoms with Crippen LogP contribution in [0.25, 0.3) is 0 Å². The Kier molecular flexibility index (Phi) is 5.35. The number of rotatable bonds is 1. The Balaban J connectivity index is 2.33. The van der Waals surface area contributed by atoms with Crippen molar-refractivity contribution in [1.82, 2.24) is 5.01 Å². The molecule has 0 unspecified atom stereocenters. The lowest BCUT2D eigenvalue weighted by Crippen LogP contribution is -2.39. The lowest BCUT2D eigenvalue weighted by Gasteiger charge is -2.32. The van der Waals surface area contributed by atoms with Crippen molar-refractivity contribution in [2.75, 3.05) is 0 Å². The van der Waals surface area contributed by atoms with Crippen LogP contribution in [0.1, 0.15) is 67.2 Å². The van der Waals surface area contributed by atoms with Crippen LogP contribution in [0.4, 0.5) is 0 Å². The number of amides is 1. The number of carbonyl (C=O) groups is 2. The summed E-state index contributed by atoms with van der Waals surface area (Å²) < 4.78 is 0. The molecule has 0 saturated carbocycles. The van der Waals surface area contributed by atoms with E-state index in [-0.39, 0.29) is 22.5 Å². The molecule has 4 nitrogen and oxygen atoms in total. The van der Waals surface area contributed by atoms with E-state index >= 15 is 0 Å². The number of Topliss-reactive ketones (excluding diaryl/α,β-unsaturated/α-hetero) is 1. The van der Waals surface area contributed by atoms with Crippen molar-refractivity contribution in [3.05, 3.63) is 56.8 Å². The Bertz CT molecular complexity index is 979. The normalized spacial score (nSPS) is 18.7. The van der Waals surface area contributed by atoms with Crippen molar-refractivity contribution < 1.29 is 9.59 Å². The molecular formula is C25H32N2O2S. The molecular weight excluding hydrogens is 392 g/mol. The van der Waals surface area contributed by atoms with E-state index in [0.29, 0.717) is 11.3 Å². The van der Waals surface area contributed by atoms with Crippen LogP contribution in [-0.2, 0) is 9.59 Å². The average molecular weight is 425 g/mol. The summed E-state index contributed by atoms with van der Waals surface area (Å²) in [5, 5.41) is 8.30. The second-order valence-corrected chi connectivity index (χ2v) is 11.9. The van der Waals surface area contributed by atoms with Gasteiger partial charge in [-0.1, -0.05) is 47.6 Å². The number of nitrogens with zero attached hydrogens (tertiary/aromatic N) is 2. The summed E-state index contributed by atoms with van der Waals surface area (Å²) in [6.07, 6.45) is 3.81. The summed E-state index contributed by atoms with van der Waals surface area (Å²) in [5.41, 5.74) is 2.37. The summed E-state index contributed by atoms with van der Waals surface area (Å²) in [6, 6.07) is 3.95. The maximum Gasteiger partial charge on any atom is 0.277 e. The number of hydrogen-bond acceptors (Lipinski definition) is 4. The molecule has 0 atom stereocenters. The molecule has 0 N–H and O–H groups in total. The maximum absolute atomic E-state index is 13.6. The van der Waals surface area contributed by atoms with Crippen LogP contribution in [0.15, 0.2) is 57.1 Å². The van der Waals surface area contributed by atoms with Gasteiger partial charge in [-0.3, -0.25) is 9.59 Å². The van der Waals surface area contributed by atoms with Gasteiger partial charge in [0.05, 0.1) is 16.0 Å². The van der Waals surface area contributed by atoms with Gasteiger partial charge in [0.15, 0.2) is 5.78 Å². The molecule has 5 heteroatoms. The first-order valence-corrected chi connectivity index (χ1v) is 11.2. The van der Waals surface area contributed by atoms with Crippen molar-refractivity contribution in [1.29, 1.82) is 0 Å². The van der Waals surface area contributed by atoms with Crippen LogP contribution in [-0.4, -0.2) is 27.9 Å². The van der Waals surface area contributed by atoms with Crippen molar-refractivity contribution in [3.63, 3.8) is 0 Å². The van der Waals surface area contributed by atoms with Gasteiger partial charge in [-0.05, 0) is 60.8 Å². The topological polar surface area (TPSA) is 49.7 Å². The summed E-state index contributed by atoms with van der Waals surface area (Å²) in [4.78, 5) is 27.8. The van der Waals surface area contributed by atoms with Crippen LogP contribution < -0.4 is 0 Å². The fourth-order valence-corrected chi connectivity index (χ4v) is 4.31. The number of thiophene rings is 1. The Morgan fingerprint density at radius 3 is 1.80 bits per heavy atom. The zero-order chi connectivity index (χ0) is 22.6. The molecule has 1 amide bonds. The fourth-order valence-electron chi connectivity index (χ4n) is 3.59. The molecule has 1 aliphatic heterocycles. The number of carbonyl (C=O) groups excluding carboxylic acids is 2. The van der Waals surface area contributed by atoms with Gasteiger partial charge in [0, 0.05) is 11.1 Å². The Labute approximate surface area is 184 Å². The quantitative estimate of drug-likeness (QED) is 0.526. The van der Waals surface area contributed by atoms with E-state index in [2.05, 4.69) is 0 Å². The van der Waals surface area contributed by atoms with E-state index in [0.717, 1.165) is 21.6 Å². The minimum atomic E-state index is -0.445. The van der Waals surface area contributed by atoms with E-state index in [4.69, 9.17) is 5.10 Å². The van der Waals surface area contributed by atoms with Crippen LogP contribution in [0.2, 0.25) is 0 Å². The van der Waals surface area contributed by atoms with E-state index in [1.165, 1.54) is 0 Å². The molecule has 1 aliphatic carbocycles. The first-order valence-electron chi connectivity index (χ1n) is 10.3. The average Bonchev–Trinajstić information content (AvgIpc) is 3.20. The van der Waals surface area contributed by atoms with Gasteiger partial charge in [-0.25, -0.2) is 5.01 Å². The van der Waals surface area contributed by atoms with Crippen LogP contribution in [0.5, 0.6) is 0 Å². The van der Waals surface area contributed by atoms with Crippen molar-refractivity contribution >= 4 is 28.7 Å². The minimum absolute atomic E-state index is 0.0621. The second kappa shape index (κ2) is 7.16. The first-order chi connectivity index (χ1) is 13.6. The van der Waals surface area contributed by atoms with Gasteiger partial charge in [0.25, 0.3) is 5.91 Å². The largest absolute Gasteiger partial charge is 0.289 e. The van der Waals surface area contributed by atoms with Crippen molar-refractivity contribution in [2.45, 2.75) is 67.9 Å². The molecule has 2 heterocycles. The van der Waals surface area contributed by atoms with Gasteiger partial charge >= 0.3 is 0 Å². The zero-order valence-electron chi connectivity index (χ0n) is 19.5. The third-order valence-corrected chi connectivity index (χ3v) is 6.10. The van der Waals surface area contributed by atoms with Crippen molar-refractivity contribution in [3.8, 4) is 0 Å². The monoisotopic (exact) mass is 424 g/mol. The molecule has 0 radical (unpaired) electrons. The molecule has 3 rings (SSSR count). The Morgan fingerprint density at radius 2 is 1.40 bits per heavy atom. The van der Waals surface area contributed by atoms with Gasteiger partial charge in [0.1, 0.15) is 5.71 Å². The van der Waals surface area contributed by atoms with Crippen molar-refractivity contribution in [2.24, 2.45) is 15.9 Å². The molecule has 0 spiro atoms. The van der Waals surface area contributed by atoms with E-state index in [9.17, 15) is 9.59 Å². The van der Waals surface area contributed by atoms with Gasteiger partial charge < -0.3 is 0 Å². The van der Waals surface area contributed by atoms with Crippen LogP contribution in [0.3, 0.4) is 0 Å². The fraction of sp³-hybridized carbons (Fsp3) is 0.480. The lowest BCUT2D eigenvalue weighted by atomic mass is 9.71. The second-order valence-electron chi connectivity index (χ2n) is 11.0. The highest BCUT2D eigenvalue weighted by Gasteiger charge is 2.41. The number of hydrazone groups is 1. The number of hydrogen-bond donors (Lipinski definition) is 0. The van der Waals surface area contributed by atoms with Crippen LogP contribution in [0, 0.1) is 10.8 Å². The third kappa shape index (κ3) is 4.00. The molecule has 0 saturated heterocycles. The summed E-state index contributed by atoms with van der Waals surface area (Å²) in [5.74, 6) is -0.0589. The molecule has 1 aromatic heterocycles. The third-order valence-electron chi connectivity index (χ3n) is 5.23. The highest BCUT2D eigenvalue weighted by atomic mass is 32.1. The highest BCUT2D eigenvalue weighted by molar-refractivity contribution is 7.12. The van der Waals surface area contributed by atoms with Gasteiger partial charge in [-0.15, -0.1) is 11.3 Å². The molecule has 160 valence electrons. The van der Waals surface area contributed by atoms with E-state index in [1.54, 1.807) is 16.3 Å². The lowest BCUT2D eigenvalue weighted by molar-refractivity contribution is -0.130. The SMILES string of the molecule is CC(C)(C)C1=CC(=C2C(=O)N(C(C)(C)C)N=C2c2cccs2)C=C(C(C)(C)C)C1=O. The Morgan fingerprint density at radius 1 is 0.867 bits per heavy atom. The molecule has 0 fully saturated rings. The Hall–Kier alpha value is -2.27. The standard InChI is InChI=1S/C25H32N2O2S/c1-23(2,3)16-13-15(14-17(21(16)28)24(4,5)6)19-20(18-11-10-12-30-18)26-27(22(19)29)25(7,8)9/h10-14H,1-9H3. The van der Waals surface area contributed by atoms with E-state index in [1.807, 2.05) is 92.0 Å². The molecule has 1 aromatic rings. The molecule has 30 heavy (non-hydrogen) atoms. The predicted molar refractivity (Wildman–Crippen MR) is 125 cm³/mol. The smallest absolute Gasteiger partial charge is 0.277 e. The van der Waals surface area contributed by atoms with Gasteiger partial charge in [-0.2, -0.15) is 5.10 Å². The molecule has 0 aromatic carbocycles. The molecule has 0 bridgehead atoms. The summed E-state index contributed by atoms with van der Waals surface area (Å²) in [7, 11) is 0. The van der Waals surface area contributed by atoms with E-state index < -0.39 is 5.54 Å². The van der Waals surface area contributed by atoms with Crippen LogP contribution >= 0.6 is 11.3 Å². The molecule has 2 aliphatic rings. The highest BCUT2D eigenvalue weighted by Crippen LogP contribution is 2.41. The number of ketones is 1. The zero-order valence-corrected chi connectivity index (χ0v) is 20.3. The minimum Gasteiger partial charge on any atom is -0.289 e. The number of allylic oxidation sites excluding steroid dienone is 5. The first kappa shape index (κ1) is 22.4. The summed E-state index contributed by atoms with van der Waals surface area (Å²) >= 11 is 1.56. The predicted octanol–water partition coefficient (Wildman–Crippen LogP) is 5.92. The van der Waals surface area contributed by atoms with Gasteiger partial charge in [0.2, 0.25) is 0 Å². The maximum atomic E-state index is 13.6.